The van der Waals surface area contributed by atoms with Crippen molar-refractivity contribution in [2.45, 2.75) is 13.1 Å². The third-order valence-corrected chi connectivity index (χ3v) is 4.05. The van der Waals surface area contributed by atoms with Crippen LogP contribution in [-0.4, -0.2) is 27.2 Å². The molecule has 2 aromatic heterocycles. The van der Waals surface area contributed by atoms with Gasteiger partial charge in [0.1, 0.15) is 11.5 Å². The summed E-state index contributed by atoms with van der Waals surface area (Å²) >= 11 is 0. The van der Waals surface area contributed by atoms with Crippen LogP contribution < -0.4 is 9.31 Å². The van der Waals surface area contributed by atoms with Crippen molar-refractivity contribution in [3.05, 3.63) is 96.6 Å². The third-order valence-electron chi connectivity index (χ3n) is 4.05. The molecule has 4 aromatic rings. The van der Waals surface area contributed by atoms with Crippen LogP contribution in [0.2, 0.25) is 0 Å². The monoisotopic (exact) mass is 358 g/mol. The van der Waals surface area contributed by atoms with Gasteiger partial charge in [0.15, 0.2) is 0 Å². The molecule has 0 saturated carbocycles. The van der Waals surface area contributed by atoms with Crippen molar-refractivity contribution < 1.29 is 9.31 Å². The molecule has 0 fully saturated rings. The normalized spacial score (nSPS) is 10.5. The maximum absolute atomic E-state index is 5.61. The SMILES string of the molecule is B(Oc1cnn(Cc2ccccc2)c1)Oc1cnn(Cc2ccccc2)c1. The summed E-state index contributed by atoms with van der Waals surface area (Å²) in [7, 11) is 0.105. The number of aromatic nitrogens is 4. The zero-order valence-corrected chi connectivity index (χ0v) is 14.8. The molecule has 0 spiro atoms. The molecule has 2 heterocycles. The van der Waals surface area contributed by atoms with Gasteiger partial charge in [0.05, 0.1) is 37.9 Å². The predicted molar refractivity (Wildman–Crippen MR) is 104 cm³/mol. The molecule has 0 bridgehead atoms. The van der Waals surface area contributed by atoms with Crippen molar-refractivity contribution in [1.29, 1.82) is 0 Å². The highest BCUT2D eigenvalue weighted by atomic mass is 16.6. The summed E-state index contributed by atoms with van der Waals surface area (Å²) in [6.07, 6.45) is 7.08. The van der Waals surface area contributed by atoms with Crippen LogP contribution in [0.5, 0.6) is 11.5 Å². The second kappa shape index (κ2) is 8.27. The summed E-state index contributed by atoms with van der Waals surface area (Å²) in [5.74, 6) is 1.34. The Morgan fingerprint density at radius 1 is 0.667 bits per heavy atom. The lowest BCUT2D eigenvalue weighted by molar-refractivity contribution is 0.458. The highest BCUT2D eigenvalue weighted by molar-refractivity contribution is 6.20. The fraction of sp³-hybridized carbons (Fsp3) is 0.100. The van der Waals surface area contributed by atoms with E-state index in [-0.39, 0.29) is 7.69 Å². The van der Waals surface area contributed by atoms with Gasteiger partial charge in [-0.1, -0.05) is 60.7 Å². The van der Waals surface area contributed by atoms with E-state index in [1.54, 1.807) is 12.4 Å². The highest BCUT2D eigenvalue weighted by Crippen LogP contribution is 2.13. The Morgan fingerprint density at radius 3 is 1.56 bits per heavy atom. The van der Waals surface area contributed by atoms with Crippen LogP contribution in [0.1, 0.15) is 11.1 Å². The first-order valence-corrected chi connectivity index (χ1v) is 8.73. The van der Waals surface area contributed by atoms with E-state index >= 15 is 0 Å². The fourth-order valence-corrected chi connectivity index (χ4v) is 2.72. The topological polar surface area (TPSA) is 54.1 Å². The quantitative estimate of drug-likeness (QED) is 0.455. The van der Waals surface area contributed by atoms with Gasteiger partial charge in [0, 0.05) is 0 Å². The third kappa shape index (κ3) is 4.79. The Hall–Kier alpha value is -3.48. The van der Waals surface area contributed by atoms with Gasteiger partial charge in [-0.05, 0) is 11.1 Å². The Morgan fingerprint density at radius 2 is 1.11 bits per heavy atom. The standard InChI is InChI=1S/C20H19BN4O2/c1-3-7-17(8-4-1)13-24-15-19(11-22-24)26-21-27-20-12-23-25(16-20)14-18-9-5-2-6-10-18/h1-12,15-16,21H,13-14H2. The van der Waals surface area contributed by atoms with Crippen LogP contribution in [0.25, 0.3) is 0 Å². The van der Waals surface area contributed by atoms with E-state index < -0.39 is 0 Å². The molecule has 7 heteroatoms. The van der Waals surface area contributed by atoms with Gasteiger partial charge >= 0.3 is 7.69 Å². The molecule has 2 aromatic carbocycles. The van der Waals surface area contributed by atoms with Gasteiger partial charge in [-0.3, -0.25) is 9.36 Å². The molecule has 0 atom stereocenters. The molecule has 0 saturated heterocycles. The van der Waals surface area contributed by atoms with Crippen molar-refractivity contribution in [2.75, 3.05) is 0 Å². The lowest BCUT2D eigenvalue weighted by Gasteiger charge is -2.03. The summed E-state index contributed by atoms with van der Waals surface area (Å²) in [5.41, 5.74) is 2.38. The molecule has 0 aliphatic heterocycles. The van der Waals surface area contributed by atoms with E-state index in [2.05, 4.69) is 34.5 Å². The number of rotatable bonds is 8. The molecule has 0 radical (unpaired) electrons. The summed E-state index contributed by atoms with van der Waals surface area (Å²) in [6.45, 7) is 1.41. The van der Waals surface area contributed by atoms with Crippen molar-refractivity contribution in [3.63, 3.8) is 0 Å². The van der Waals surface area contributed by atoms with Crippen molar-refractivity contribution in [2.24, 2.45) is 0 Å². The lowest BCUT2D eigenvalue weighted by atomic mass is 10.2. The highest BCUT2D eigenvalue weighted by Gasteiger charge is 2.05. The number of benzene rings is 2. The van der Waals surface area contributed by atoms with Crippen LogP contribution in [-0.2, 0) is 13.1 Å². The van der Waals surface area contributed by atoms with Crippen molar-refractivity contribution >= 4 is 7.69 Å². The molecule has 0 N–H and O–H groups in total. The first-order chi connectivity index (χ1) is 13.3. The first-order valence-electron chi connectivity index (χ1n) is 8.73. The molecule has 4 rings (SSSR count). The first kappa shape index (κ1) is 17.0. The van der Waals surface area contributed by atoms with Crippen molar-refractivity contribution in [1.82, 2.24) is 19.6 Å². The van der Waals surface area contributed by atoms with Gasteiger partial charge < -0.3 is 9.31 Å². The van der Waals surface area contributed by atoms with Crippen LogP contribution in [0, 0.1) is 0 Å². The largest absolute Gasteiger partial charge is 0.576 e. The fourth-order valence-electron chi connectivity index (χ4n) is 2.72. The minimum Gasteiger partial charge on any atom is -0.526 e. The van der Waals surface area contributed by atoms with Crippen LogP contribution in [0.15, 0.2) is 85.5 Å². The van der Waals surface area contributed by atoms with Gasteiger partial charge in [-0.25, -0.2) is 0 Å². The number of hydrogen-bond acceptors (Lipinski definition) is 4. The van der Waals surface area contributed by atoms with E-state index in [1.165, 1.54) is 11.1 Å². The second-order valence-electron chi connectivity index (χ2n) is 6.12. The van der Waals surface area contributed by atoms with E-state index in [9.17, 15) is 0 Å². The lowest BCUT2D eigenvalue weighted by Crippen LogP contribution is -2.10. The van der Waals surface area contributed by atoms with Gasteiger partial charge in [-0.2, -0.15) is 10.2 Å². The molecule has 6 nitrogen and oxygen atoms in total. The van der Waals surface area contributed by atoms with E-state index in [4.69, 9.17) is 9.31 Å². The smallest absolute Gasteiger partial charge is 0.526 e. The van der Waals surface area contributed by atoms with E-state index in [0.29, 0.717) is 24.6 Å². The van der Waals surface area contributed by atoms with E-state index in [0.717, 1.165) is 0 Å². The molecule has 27 heavy (non-hydrogen) atoms. The number of nitrogens with zero attached hydrogens (tertiary/aromatic N) is 4. The molecule has 0 unspecified atom stereocenters. The maximum Gasteiger partial charge on any atom is 0.576 e. The average molecular weight is 358 g/mol. The molecular weight excluding hydrogens is 339 g/mol. The second-order valence-corrected chi connectivity index (χ2v) is 6.12. The van der Waals surface area contributed by atoms with Crippen LogP contribution >= 0.6 is 0 Å². The zero-order valence-electron chi connectivity index (χ0n) is 14.8. The Kier molecular flexibility index (Phi) is 5.20. The minimum absolute atomic E-state index is 0.105. The van der Waals surface area contributed by atoms with Gasteiger partial charge in [0.25, 0.3) is 0 Å². The number of hydrogen-bond donors (Lipinski definition) is 0. The summed E-state index contributed by atoms with van der Waals surface area (Å²) in [4.78, 5) is 0. The van der Waals surface area contributed by atoms with Gasteiger partial charge in [-0.15, -0.1) is 0 Å². The molecular formula is C20H19BN4O2. The zero-order chi connectivity index (χ0) is 18.3. The Balaban J connectivity index is 1.25. The van der Waals surface area contributed by atoms with Crippen LogP contribution in [0.4, 0.5) is 0 Å². The average Bonchev–Trinajstić information content (AvgIpc) is 3.33. The minimum atomic E-state index is 0.105. The molecule has 0 aliphatic carbocycles. The summed E-state index contributed by atoms with van der Waals surface area (Å²) < 4.78 is 14.9. The van der Waals surface area contributed by atoms with Crippen LogP contribution in [0.3, 0.4) is 0 Å². The van der Waals surface area contributed by atoms with Gasteiger partial charge in [0.2, 0.25) is 0 Å². The molecule has 134 valence electrons. The summed E-state index contributed by atoms with van der Waals surface area (Å²) in [6, 6.07) is 20.3. The van der Waals surface area contributed by atoms with E-state index in [1.807, 2.05) is 58.2 Å². The summed E-state index contributed by atoms with van der Waals surface area (Å²) in [5, 5.41) is 8.62. The Labute approximate surface area is 158 Å². The van der Waals surface area contributed by atoms with Crippen molar-refractivity contribution in [3.8, 4) is 11.5 Å². The molecule has 0 amide bonds. The molecule has 0 aliphatic rings. The predicted octanol–water partition coefficient (Wildman–Crippen LogP) is 2.90. The Bertz CT molecular complexity index is 890. The maximum atomic E-state index is 5.61.